The normalized spacial score (nSPS) is 14.6. The topological polar surface area (TPSA) is 76.2 Å². The number of carbonyl (C=O) groups is 3. The Hall–Kier alpha value is -2.68. The van der Waals surface area contributed by atoms with Crippen LogP contribution in [0.15, 0.2) is 41.3 Å². The lowest BCUT2D eigenvalue weighted by Gasteiger charge is -2.22. The van der Waals surface area contributed by atoms with Gasteiger partial charge in [0.05, 0.1) is 11.0 Å². The molecular formula is C26H28Cl2N2O5S. The molecule has 1 aliphatic rings. The van der Waals surface area contributed by atoms with Crippen LogP contribution >= 0.6 is 35.0 Å². The van der Waals surface area contributed by atoms with Gasteiger partial charge < -0.3 is 14.4 Å². The van der Waals surface area contributed by atoms with Gasteiger partial charge >= 0.3 is 5.97 Å². The van der Waals surface area contributed by atoms with Crippen LogP contribution in [-0.4, -0.2) is 47.8 Å². The predicted octanol–water partition coefficient (Wildman–Crippen LogP) is 6.41. The molecule has 0 N–H and O–H groups in total. The minimum absolute atomic E-state index is 0.182. The van der Waals surface area contributed by atoms with Crippen molar-refractivity contribution < 1.29 is 23.9 Å². The number of carbonyl (C=O) groups excluding carboxylic acids is 3. The van der Waals surface area contributed by atoms with Gasteiger partial charge in [0.25, 0.3) is 11.1 Å². The van der Waals surface area contributed by atoms with Crippen molar-refractivity contribution in [2.45, 2.75) is 40.4 Å². The molecule has 36 heavy (non-hydrogen) atoms. The van der Waals surface area contributed by atoms with Crippen molar-refractivity contribution in [1.82, 2.24) is 4.90 Å². The van der Waals surface area contributed by atoms with Gasteiger partial charge in [-0.05, 0) is 69.8 Å². The van der Waals surface area contributed by atoms with E-state index in [2.05, 4.69) is 18.7 Å². The first kappa shape index (κ1) is 27.9. The van der Waals surface area contributed by atoms with Gasteiger partial charge in [0, 0.05) is 46.0 Å². The number of rotatable bonds is 10. The Balaban J connectivity index is 1.90. The standard InChI is InChI=1S/C26H28Cl2N2O5S/c1-5-29(6-2)20-10-8-17(22(13-20)34-15-18-7-9-19(27)12-21(18)28)11-23-25(32)30(26(33)36-23)14-24(31)35-16(3)4/h7-13,16H,5-6,14-15H2,1-4H3/b23-11+. The summed E-state index contributed by atoms with van der Waals surface area (Å²) in [4.78, 5) is 40.6. The molecule has 1 fully saturated rings. The van der Waals surface area contributed by atoms with Gasteiger partial charge in [0.2, 0.25) is 0 Å². The van der Waals surface area contributed by atoms with Gasteiger partial charge in [-0.2, -0.15) is 0 Å². The van der Waals surface area contributed by atoms with Crippen molar-refractivity contribution in [1.29, 1.82) is 0 Å². The summed E-state index contributed by atoms with van der Waals surface area (Å²) in [6.07, 6.45) is 1.26. The molecule has 0 bridgehead atoms. The van der Waals surface area contributed by atoms with Crippen LogP contribution < -0.4 is 9.64 Å². The third kappa shape index (κ3) is 6.96. The van der Waals surface area contributed by atoms with Crippen LogP contribution in [0.4, 0.5) is 10.5 Å². The molecule has 3 rings (SSSR count). The number of anilines is 1. The molecule has 1 saturated heterocycles. The number of thioether (sulfide) groups is 1. The van der Waals surface area contributed by atoms with E-state index >= 15 is 0 Å². The zero-order chi connectivity index (χ0) is 26.4. The quantitative estimate of drug-likeness (QED) is 0.250. The second-order valence-corrected chi connectivity index (χ2v) is 10.1. The summed E-state index contributed by atoms with van der Waals surface area (Å²) in [5, 5.41) is 0.487. The molecule has 2 amide bonds. The third-order valence-electron chi connectivity index (χ3n) is 5.34. The molecule has 0 saturated carbocycles. The lowest BCUT2D eigenvalue weighted by molar-refractivity contribution is -0.149. The first-order valence-electron chi connectivity index (χ1n) is 11.5. The molecule has 0 atom stereocenters. The molecule has 1 heterocycles. The minimum atomic E-state index is -0.638. The maximum Gasteiger partial charge on any atom is 0.326 e. The van der Waals surface area contributed by atoms with Crippen LogP contribution in [0.25, 0.3) is 6.08 Å². The molecule has 10 heteroatoms. The van der Waals surface area contributed by atoms with E-state index in [4.69, 9.17) is 32.7 Å². The minimum Gasteiger partial charge on any atom is -0.488 e. The lowest BCUT2D eigenvalue weighted by Crippen LogP contribution is -2.35. The molecule has 0 radical (unpaired) electrons. The van der Waals surface area contributed by atoms with E-state index in [-0.39, 0.29) is 17.6 Å². The van der Waals surface area contributed by atoms with Crippen LogP contribution in [0.3, 0.4) is 0 Å². The second kappa shape index (κ2) is 12.5. The van der Waals surface area contributed by atoms with Crippen LogP contribution in [0, 0.1) is 0 Å². The number of benzene rings is 2. The van der Waals surface area contributed by atoms with Crippen molar-refractivity contribution >= 4 is 63.8 Å². The van der Waals surface area contributed by atoms with E-state index in [1.807, 2.05) is 18.2 Å². The summed E-state index contributed by atoms with van der Waals surface area (Å²) in [7, 11) is 0. The Morgan fingerprint density at radius 3 is 2.47 bits per heavy atom. The average Bonchev–Trinajstić information content (AvgIpc) is 3.07. The first-order valence-corrected chi connectivity index (χ1v) is 13.1. The number of hydrogen-bond donors (Lipinski definition) is 0. The smallest absolute Gasteiger partial charge is 0.326 e. The van der Waals surface area contributed by atoms with Gasteiger partial charge in [-0.15, -0.1) is 0 Å². The number of imide groups is 1. The second-order valence-electron chi connectivity index (χ2n) is 8.23. The summed E-state index contributed by atoms with van der Waals surface area (Å²) < 4.78 is 11.2. The molecule has 7 nitrogen and oxygen atoms in total. The van der Waals surface area contributed by atoms with E-state index in [9.17, 15) is 14.4 Å². The zero-order valence-corrected chi connectivity index (χ0v) is 22.9. The van der Waals surface area contributed by atoms with Crippen LogP contribution in [0.5, 0.6) is 5.75 Å². The first-order chi connectivity index (χ1) is 17.1. The fourth-order valence-electron chi connectivity index (χ4n) is 3.55. The highest BCUT2D eigenvalue weighted by Crippen LogP contribution is 2.36. The SMILES string of the molecule is CCN(CC)c1ccc(/C=C2/SC(=O)N(CC(=O)OC(C)C)C2=O)c(OCc2ccc(Cl)cc2Cl)c1. The molecule has 0 spiro atoms. The third-order valence-corrected chi connectivity index (χ3v) is 6.83. The van der Waals surface area contributed by atoms with Gasteiger partial charge in [-0.1, -0.05) is 29.3 Å². The molecule has 0 aliphatic carbocycles. The molecule has 0 aromatic heterocycles. The molecule has 2 aromatic rings. The monoisotopic (exact) mass is 550 g/mol. The Morgan fingerprint density at radius 2 is 1.83 bits per heavy atom. The van der Waals surface area contributed by atoms with E-state index in [0.717, 1.165) is 41.0 Å². The molecule has 1 aliphatic heterocycles. The zero-order valence-electron chi connectivity index (χ0n) is 20.5. The number of hydrogen-bond acceptors (Lipinski definition) is 7. The highest BCUT2D eigenvalue weighted by atomic mass is 35.5. The van der Waals surface area contributed by atoms with Crippen molar-refractivity contribution in [3.63, 3.8) is 0 Å². The average molecular weight is 551 g/mol. The molecule has 192 valence electrons. The van der Waals surface area contributed by atoms with E-state index < -0.39 is 23.7 Å². The highest BCUT2D eigenvalue weighted by Gasteiger charge is 2.37. The fraction of sp³-hybridized carbons (Fsp3) is 0.346. The number of amides is 2. The predicted molar refractivity (Wildman–Crippen MR) is 145 cm³/mol. The summed E-state index contributed by atoms with van der Waals surface area (Å²) in [6, 6.07) is 10.8. The highest BCUT2D eigenvalue weighted by molar-refractivity contribution is 8.18. The number of nitrogens with zero attached hydrogens (tertiary/aromatic N) is 2. The maximum atomic E-state index is 12.9. The van der Waals surface area contributed by atoms with E-state index in [1.165, 1.54) is 0 Å². The van der Waals surface area contributed by atoms with E-state index in [0.29, 0.717) is 21.4 Å². The van der Waals surface area contributed by atoms with Crippen LogP contribution in [0.1, 0.15) is 38.8 Å². The van der Waals surface area contributed by atoms with Gasteiger partial charge in [0.1, 0.15) is 18.9 Å². The van der Waals surface area contributed by atoms with E-state index in [1.54, 1.807) is 38.1 Å². The summed E-state index contributed by atoms with van der Waals surface area (Å²) in [6.45, 7) is 8.89. The largest absolute Gasteiger partial charge is 0.488 e. The fourth-order valence-corrected chi connectivity index (χ4v) is 4.85. The number of esters is 1. The van der Waals surface area contributed by atoms with Gasteiger partial charge in [-0.3, -0.25) is 19.3 Å². The lowest BCUT2D eigenvalue weighted by atomic mass is 10.1. The van der Waals surface area contributed by atoms with Gasteiger partial charge in [0.15, 0.2) is 0 Å². The summed E-state index contributed by atoms with van der Waals surface area (Å²) in [5.41, 5.74) is 2.33. The Morgan fingerprint density at radius 1 is 1.11 bits per heavy atom. The van der Waals surface area contributed by atoms with Crippen molar-refractivity contribution in [2.24, 2.45) is 0 Å². The molecular weight excluding hydrogens is 523 g/mol. The molecule has 2 aromatic carbocycles. The Labute approximate surface area is 225 Å². The Kier molecular flexibility index (Phi) is 9.70. The summed E-state index contributed by atoms with van der Waals surface area (Å²) in [5.74, 6) is -0.664. The van der Waals surface area contributed by atoms with Crippen LogP contribution in [0.2, 0.25) is 10.0 Å². The number of ether oxygens (including phenoxy) is 2. The summed E-state index contributed by atoms with van der Waals surface area (Å²) >= 11 is 13.1. The number of halogens is 2. The van der Waals surface area contributed by atoms with Crippen molar-refractivity contribution in [3.8, 4) is 5.75 Å². The molecule has 0 unspecified atom stereocenters. The maximum absolute atomic E-state index is 12.9. The van der Waals surface area contributed by atoms with Crippen molar-refractivity contribution in [2.75, 3.05) is 24.5 Å². The Bertz CT molecular complexity index is 1180. The van der Waals surface area contributed by atoms with Gasteiger partial charge in [-0.25, -0.2) is 0 Å². The van der Waals surface area contributed by atoms with Crippen LogP contribution in [-0.2, 0) is 20.9 Å². The van der Waals surface area contributed by atoms with Crippen molar-refractivity contribution in [3.05, 3.63) is 62.5 Å².